The van der Waals surface area contributed by atoms with Gasteiger partial charge in [-0.05, 0) is 38.0 Å². The van der Waals surface area contributed by atoms with Gasteiger partial charge in [-0.3, -0.25) is 0 Å². The van der Waals surface area contributed by atoms with E-state index in [2.05, 4.69) is 39.7 Å². The molecule has 0 saturated heterocycles. The van der Waals surface area contributed by atoms with Crippen LogP contribution in [0.4, 0.5) is 0 Å². The Morgan fingerprint density at radius 1 is 1.03 bits per heavy atom. The zero-order chi connectivity index (χ0) is 22.1. The SMILES string of the molecule is CCNC(=NCc1ncc(-c2ccc(C)cc2)o1)NCCc1ccc(OC)c(OC)c1.I. The molecule has 0 spiro atoms. The number of oxazole rings is 1. The van der Waals surface area contributed by atoms with Crippen molar-refractivity contribution in [2.75, 3.05) is 27.3 Å². The molecular formula is C24H31IN4O3. The van der Waals surface area contributed by atoms with Gasteiger partial charge in [-0.1, -0.05) is 35.9 Å². The Morgan fingerprint density at radius 2 is 1.78 bits per heavy atom. The summed E-state index contributed by atoms with van der Waals surface area (Å²) in [5, 5.41) is 6.60. The van der Waals surface area contributed by atoms with Gasteiger partial charge >= 0.3 is 0 Å². The number of aliphatic imine (C=N–C) groups is 1. The highest BCUT2D eigenvalue weighted by Gasteiger charge is 2.07. The lowest BCUT2D eigenvalue weighted by Gasteiger charge is -2.12. The number of halogens is 1. The van der Waals surface area contributed by atoms with Crippen LogP contribution in [0.3, 0.4) is 0 Å². The molecule has 32 heavy (non-hydrogen) atoms. The van der Waals surface area contributed by atoms with E-state index in [-0.39, 0.29) is 24.0 Å². The summed E-state index contributed by atoms with van der Waals surface area (Å²) < 4.78 is 16.5. The van der Waals surface area contributed by atoms with E-state index in [9.17, 15) is 0 Å². The highest BCUT2D eigenvalue weighted by molar-refractivity contribution is 14.0. The van der Waals surface area contributed by atoms with Crippen LogP contribution in [0.5, 0.6) is 11.5 Å². The molecule has 0 amide bonds. The van der Waals surface area contributed by atoms with Crippen molar-refractivity contribution >= 4 is 29.9 Å². The highest BCUT2D eigenvalue weighted by atomic mass is 127. The minimum Gasteiger partial charge on any atom is -0.493 e. The molecule has 0 bridgehead atoms. The van der Waals surface area contributed by atoms with Crippen molar-refractivity contribution in [3.05, 3.63) is 65.7 Å². The predicted molar refractivity (Wildman–Crippen MR) is 138 cm³/mol. The lowest BCUT2D eigenvalue weighted by Crippen LogP contribution is -2.38. The number of aryl methyl sites for hydroxylation is 1. The molecule has 0 aliphatic carbocycles. The van der Waals surface area contributed by atoms with Crippen LogP contribution in [0.25, 0.3) is 11.3 Å². The molecule has 0 radical (unpaired) electrons. The Balaban J connectivity index is 0.00000363. The standard InChI is InChI=1S/C24H30N4O3.HI/c1-5-25-24(26-13-12-18-8-11-20(29-3)21(14-18)30-4)28-16-23-27-15-22(31-23)19-9-6-17(2)7-10-19;/h6-11,14-15H,5,12-13,16H2,1-4H3,(H2,25,26,28);1H. The quantitative estimate of drug-likeness (QED) is 0.231. The van der Waals surface area contributed by atoms with Gasteiger partial charge in [0.1, 0.15) is 6.54 Å². The third-order valence-electron chi connectivity index (χ3n) is 4.76. The second kappa shape index (κ2) is 12.9. The van der Waals surface area contributed by atoms with Crippen molar-refractivity contribution in [3.63, 3.8) is 0 Å². The van der Waals surface area contributed by atoms with Crippen molar-refractivity contribution in [1.82, 2.24) is 15.6 Å². The van der Waals surface area contributed by atoms with Gasteiger partial charge in [-0.25, -0.2) is 9.98 Å². The van der Waals surface area contributed by atoms with Gasteiger partial charge < -0.3 is 24.5 Å². The Kier molecular flexibility index (Phi) is 10.3. The molecule has 172 valence electrons. The van der Waals surface area contributed by atoms with Crippen LogP contribution >= 0.6 is 24.0 Å². The number of nitrogens with one attached hydrogen (secondary N) is 2. The first-order chi connectivity index (χ1) is 15.1. The molecule has 1 aromatic heterocycles. The van der Waals surface area contributed by atoms with E-state index in [0.717, 1.165) is 53.9 Å². The van der Waals surface area contributed by atoms with Crippen LogP contribution < -0.4 is 20.1 Å². The predicted octanol–water partition coefficient (Wildman–Crippen LogP) is 4.58. The molecular weight excluding hydrogens is 519 g/mol. The molecule has 1 heterocycles. The maximum absolute atomic E-state index is 5.86. The van der Waals surface area contributed by atoms with Crippen LogP contribution in [-0.4, -0.2) is 38.3 Å². The monoisotopic (exact) mass is 550 g/mol. The van der Waals surface area contributed by atoms with E-state index in [1.807, 2.05) is 37.3 Å². The number of methoxy groups -OCH3 is 2. The molecule has 0 atom stereocenters. The Labute approximate surface area is 206 Å². The van der Waals surface area contributed by atoms with E-state index < -0.39 is 0 Å². The summed E-state index contributed by atoms with van der Waals surface area (Å²) in [6, 6.07) is 14.1. The molecule has 0 saturated carbocycles. The van der Waals surface area contributed by atoms with Crippen molar-refractivity contribution in [2.24, 2.45) is 4.99 Å². The average molecular weight is 550 g/mol. The molecule has 2 aromatic carbocycles. The molecule has 3 aromatic rings. The molecule has 2 N–H and O–H groups in total. The zero-order valence-corrected chi connectivity index (χ0v) is 21.3. The van der Waals surface area contributed by atoms with Crippen LogP contribution in [0, 0.1) is 6.92 Å². The summed E-state index contributed by atoms with van der Waals surface area (Å²) >= 11 is 0. The minimum atomic E-state index is 0. The van der Waals surface area contributed by atoms with Crippen LogP contribution in [0.2, 0.25) is 0 Å². The lowest BCUT2D eigenvalue weighted by molar-refractivity contribution is 0.354. The van der Waals surface area contributed by atoms with E-state index in [1.165, 1.54) is 5.56 Å². The van der Waals surface area contributed by atoms with Gasteiger partial charge in [-0.15, -0.1) is 24.0 Å². The fraction of sp³-hybridized carbons (Fsp3) is 0.333. The first-order valence-corrected chi connectivity index (χ1v) is 10.4. The molecule has 0 aliphatic heterocycles. The van der Waals surface area contributed by atoms with E-state index in [1.54, 1.807) is 20.4 Å². The summed E-state index contributed by atoms with van der Waals surface area (Å²) in [7, 11) is 3.28. The summed E-state index contributed by atoms with van der Waals surface area (Å²) in [5.41, 5.74) is 3.37. The molecule has 8 heteroatoms. The van der Waals surface area contributed by atoms with Gasteiger partial charge in [-0.2, -0.15) is 0 Å². The second-order valence-corrected chi connectivity index (χ2v) is 7.05. The van der Waals surface area contributed by atoms with Crippen LogP contribution in [-0.2, 0) is 13.0 Å². The summed E-state index contributed by atoms with van der Waals surface area (Å²) in [5.74, 6) is 3.50. The number of hydrogen-bond donors (Lipinski definition) is 2. The molecule has 7 nitrogen and oxygen atoms in total. The van der Waals surface area contributed by atoms with Crippen molar-refractivity contribution in [1.29, 1.82) is 0 Å². The molecule has 0 unspecified atom stereocenters. The summed E-state index contributed by atoms with van der Waals surface area (Å²) in [6.45, 7) is 5.94. The van der Waals surface area contributed by atoms with Crippen molar-refractivity contribution < 1.29 is 13.9 Å². The first kappa shape index (κ1) is 25.5. The maximum atomic E-state index is 5.86. The number of nitrogens with zero attached hydrogens (tertiary/aromatic N) is 2. The maximum Gasteiger partial charge on any atom is 0.216 e. The lowest BCUT2D eigenvalue weighted by atomic mass is 10.1. The molecule has 3 rings (SSSR count). The van der Waals surface area contributed by atoms with Gasteiger partial charge in [0.15, 0.2) is 23.2 Å². The van der Waals surface area contributed by atoms with Crippen molar-refractivity contribution in [3.8, 4) is 22.8 Å². The Bertz CT molecular complexity index is 1000. The number of guanidine groups is 1. The van der Waals surface area contributed by atoms with Crippen molar-refractivity contribution in [2.45, 2.75) is 26.8 Å². The fourth-order valence-electron chi connectivity index (χ4n) is 3.08. The van der Waals surface area contributed by atoms with Gasteiger partial charge in [0.05, 0.1) is 20.4 Å². The topological polar surface area (TPSA) is 80.9 Å². The van der Waals surface area contributed by atoms with E-state index in [4.69, 9.17) is 13.9 Å². The smallest absolute Gasteiger partial charge is 0.216 e. The van der Waals surface area contributed by atoms with Gasteiger partial charge in [0.25, 0.3) is 0 Å². The number of aromatic nitrogens is 1. The number of benzene rings is 2. The second-order valence-electron chi connectivity index (χ2n) is 7.05. The van der Waals surface area contributed by atoms with Crippen LogP contribution in [0.1, 0.15) is 23.9 Å². The number of hydrogen-bond acceptors (Lipinski definition) is 5. The highest BCUT2D eigenvalue weighted by Crippen LogP contribution is 2.27. The number of ether oxygens (including phenoxy) is 2. The third-order valence-corrected chi connectivity index (χ3v) is 4.76. The molecule has 0 aliphatic rings. The largest absolute Gasteiger partial charge is 0.493 e. The molecule has 0 fully saturated rings. The van der Waals surface area contributed by atoms with Crippen LogP contribution in [0.15, 0.2) is 58.1 Å². The Hall–Kier alpha value is -2.75. The summed E-state index contributed by atoms with van der Waals surface area (Å²) in [4.78, 5) is 8.95. The third kappa shape index (κ3) is 7.15. The van der Waals surface area contributed by atoms with Gasteiger partial charge in [0.2, 0.25) is 5.89 Å². The minimum absolute atomic E-state index is 0. The normalized spacial score (nSPS) is 10.9. The average Bonchev–Trinajstić information content (AvgIpc) is 3.27. The first-order valence-electron chi connectivity index (χ1n) is 10.4. The van der Waals surface area contributed by atoms with E-state index in [0.29, 0.717) is 12.4 Å². The zero-order valence-electron chi connectivity index (χ0n) is 19.0. The fourth-order valence-corrected chi connectivity index (χ4v) is 3.08. The Morgan fingerprint density at radius 3 is 2.47 bits per heavy atom. The summed E-state index contributed by atoms with van der Waals surface area (Å²) in [6.07, 6.45) is 2.56. The number of rotatable bonds is 9. The van der Waals surface area contributed by atoms with Gasteiger partial charge in [0, 0.05) is 18.7 Å². The van der Waals surface area contributed by atoms with E-state index >= 15 is 0 Å².